The van der Waals surface area contributed by atoms with Gasteiger partial charge in [0.05, 0.1) is 0 Å². The predicted octanol–water partition coefficient (Wildman–Crippen LogP) is 2.91. The van der Waals surface area contributed by atoms with Crippen molar-refractivity contribution >= 4 is 24.4 Å². The number of aliphatic carboxylic acids is 1. The van der Waals surface area contributed by atoms with Gasteiger partial charge in [0.2, 0.25) is 0 Å². The molecule has 2 nitrogen and oxygen atoms in total. The van der Waals surface area contributed by atoms with Gasteiger partial charge in [-0.05, 0) is 5.54 Å². The Morgan fingerprint density at radius 2 is 1.38 bits per heavy atom. The Morgan fingerprint density at radius 3 is 1.71 bits per heavy atom. The average Bonchev–Trinajstić information content (AvgIpc) is 2.54. The fourth-order valence-electron chi connectivity index (χ4n) is 2.77. The van der Waals surface area contributed by atoms with Crippen molar-refractivity contribution in [3.8, 4) is 0 Å². The minimum atomic E-state index is -2.21. The maximum Gasteiger partial charge on any atom is 0.330 e. The van der Waals surface area contributed by atoms with Gasteiger partial charge in [-0.25, -0.2) is 4.79 Å². The van der Waals surface area contributed by atoms with Gasteiger partial charge in [-0.15, -0.1) is 0 Å². The number of hydrogen-bond acceptors (Lipinski definition) is 1. The zero-order chi connectivity index (χ0) is 15.5. The third-order valence-corrected chi connectivity index (χ3v) is 9.56. The second-order valence-electron chi connectivity index (χ2n) is 5.49. The maximum atomic E-state index is 11.4. The first kappa shape index (κ1) is 15.3. The SMILES string of the molecule is C=C(C(=O)O)C(C)[Si](C)(c1ccccc1)c1ccccc1. The predicted molar refractivity (Wildman–Crippen MR) is 90.0 cm³/mol. The monoisotopic (exact) mass is 296 g/mol. The lowest BCUT2D eigenvalue weighted by Crippen LogP contribution is -2.59. The van der Waals surface area contributed by atoms with Crippen LogP contribution in [0.5, 0.6) is 0 Å². The maximum absolute atomic E-state index is 11.4. The lowest BCUT2D eigenvalue weighted by molar-refractivity contribution is -0.132. The molecule has 0 aliphatic heterocycles. The first-order valence-corrected chi connectivity index (χ1v) is 9.58. The van der Waals surface area contributed by atoms with Crippen molar-refractivity contribution in [1.29, 1.82) is 0 Å². The Morgan fingerprint density at radius 1 is 1.00 bits per heavy atom. The van der Waals surface area contributed by atoms with Gasteiger partial charge in [0.25, 0.3) is 0 Å². The summed E-state index contributed by atoms with van der Waals surface area (Å²) >= 11 is 0. The van der Waals surface area contributed by atoms with Gasteiger partial charge >= 0.3 is 5.97 Å². The number of carbonyl (C=O) groups is 1. The molecule has 21 heavy (non-hydrogen) atoms. The van der Waals surface area contributed by atoms with Crippen LogP contribution < -0.4 is 10.4 Å². The van der Waals surface area contributed by atoms with Crippen LogP contribution in [0.1, 0.15) is 6.92 Å². The number of carboxylic acids is 1. The van der Waals surface area contributed by atoms with Crippen LogP contribution in [0, 0.1) is 0 Å². The first-order chi connectivity index (χ1) is 9.98. The fraction of sp³-hybridized carbons (Fsp3) is 0.167. The highest BCUT2D eigenvalue weighted by Crippen LogP contribution is 2.28. The Labute approximate surface area is 126 Å². The summed E-state index contributed by atoms with van der Waals surface area (Å²) in [5, 5.41) is 11.8. The number of carboxylic acid groups (broad SMARTS) is 1. The fourth-order valence-corrected chi connectivity index (χ4v) is 6.69. The molecule has 0 spiro atoms. The van der Waals surface area contributed by atoms with E-state index in [-0.39, 0.29) is 11.1 Å². The van der Waals surface area contributed by atoms with E-state index in [4.69, 9.17) is 0 Å². The van der Waals surface area contributed by atoms with Gasteiger partial charge < -0.3 is 5.11 Å². The Bertz CT molecular complexity index is 595. The quantitative estimate of drug-likeness (QED) is 0.680. The molecule has 1 unspecified atom stereocenters. The molecule has 0 amide bonds. The molecular weight excluding hydrogens is 276 g/mol. The summed E-state index contributed by atoms with van der Waals surface area (Å²) in [6.45, 7) is 8.01. The lowest BCUT2D eigenvalue weighted by atomic mass is 10.2. The summed E-state index contributed by atoms with van der Waals surface area (Å²) in [6.07, 6.45) is 0. The van der Waals surface area contributed by atoms with Gasteiger partial charge in [-0.1, -0.05) is 91.1 Å². The van der Waals surface area contributed by atoms with E-state index in [0.717, 1.165) is 0 Å². The lowest BCUT2D eigenvalue weighted by Gasteiger charge is -2.35. The van der Waals surface area contributed by atoms with Crippen LogP contribution >= 0.6 is 0 Å². The summed E-state index contributed by atoms with van der Waals surface area (Å²) in [6, 6.07) is 20.4. The Balaban J connectivity index is 2.60. The minimum absolute atomic E-state index is 0.0835. The van der Waals surface area contributed by atoms with E-state index in [0.29, 0.717) is 0 Å². The van der Waals surface area contributed by atoms with Crippen molar-refractivity contribution in [3.05, 3.63) is 72.8 Å². The summed E-state index contributed by atoms with van der Waals surface area (Å²) < 4.78 is 0. The van der Waals surface area contributed by atoms with Crippen LogP contribution in [-0.2, 0) is 4.79 Å². The van der Waals surface area contributed by atoms with E-state index < -0.39 is 14.0 Å². The number of rotatable bonds is 5. The molecule has 2 aromatic rings. The summed E-state index contributed by atoms with van der Waals surface area (Å²) in [7, 11) is -2.21. The van der Waals surface area contributed by atoms with Crippen molar-refractivity contribution in [2.75, 3.05) is 0 Å². The topological polar surface area (TPSA) is 37.3 Å². The third kappa shape index (κ3) is 2.83. The molecule has 0 aliphatic rings. The highest BCUT2D eigenvalue weighted by Gasteiger charge is 2.40. The second kappa shape index (κ2) is 6.10. The largest absolute Gasteiger partial charge is 0.478 e. The van der Waals surface area contributed by atoms with E-state index in [1.54, 1.807) is 0 Å². The molecule has 3 heteroatoms. The van der Waals surface area contributed by atoms with Crippen LogP contribution in [0.15, 0.2) is 72.8 Å². The summed E-state index contributed by atoms with van der Waals surface area (Å²) in [5.74, 6) is -0.909. The number of benzene rings is 2. The highest BCUT2D eigenvalue weighted by molar-refractivity contribution is 7.02. The van der Waals surface area contributed by atoms with Gasteiger partial charge in [-0.3, -0.25) is 0 Å². The van der Waals surface area contributed by atoms with E-state index in [2.05, 4.69) is 37.4 Å². The molecule has 1 N–H and O–H groups in total. The van der Waals surface area contributed by atoms with Crippen LogP contribution in [0.25, 0.3) is 0 Å². The van der Waals surface area contributed by atoms with Gasteiger partial charge in [-0.2, -0.15) is 0 Å². The molecule has 0 radical (unpaired) electrons. The van der Waals surface area contributed by atoms with E-state index in [9.17, 15) is 9.90 Å². The van der Waals surface area contributed by atoms with Crippen LogP contribution in [0.2, 0.25) is 12.1 Å². The molecule has 0 saturated carbocycles. The zero-order valence-corrected chi connectivity index (χ0v) is 13.4. The molecule has 108 valence electrons. The van der Waals surface area contributed by atoms with Crippen molar-refractivity contribution in [2.45, 2.75) is 19.0 Å². The van der Waals surface area contributed by atoms with E-state index in [1.165, 1.54) is 10.4 Å². The molecular formula is C18H20O2Si. The van der Waals surface area contributed by atoms with Gasteiger partial charge in [0.15, 0.2) is 0 Å². The van der Waals surface area contributed by atoms with E-state index in [1.807, 2.05) is 43.3 Å². The summed E-state index contributed by atoms with van der Waals surface area (Å²) in [4.78, 5) is 11.4. The van der Waals surface area contributed by atoms with Crippen molar-refractivity contribution in [3.63, 3.8) is 0 Å². The van der Waals surface area contributed by atoms with Crippen molar-refractivity contribution in [1.82, 2.24) is 0 Å². The molecule has 0 saturated heterocycles. The van der Waals surface area contributed by atoms with Gasteiger partial charge in [0.1, 0.15) is 8.07 Å². The van der Waals surface area contributed by atoms with Crippen LogP contribution in [0.3, 0.4) is 0 Å². The molecule has 0 heterocycles. The Hall–Kier alpha value is -2.13. The Kier molecular flexibility index (Phi) is 4.43. The minimum Gasteiger partial charge on any atom is -0.478 e. The molecule has 2 rings (SSSR count). The molecule has 0 aromatic heterocycles. The summed E-state index contributed by atoms with van der Waals surface area (Å²) in [5.41, 5.74) is 0.205. The average molecular weight is 296 g/mol. The second-order valence-corrected chi connectivity index (χ2v) is 9.91. The molecule has 0 bridgehead atoms. The zero-order valence-electron chi connectivity index (χ0n) is 12.4. The van der Waals surface area contributed by atoms with Crippen LogP contribution in [-0.4, -0.2) is 19.1 Å². The van der Waals surface area contributed by atoms with Gasteiger partial charge in [0, 0.05) is 5.57 Å². The molecule has 1 atom stereocenters. The van der Waals surface area contributed by atoms with Crippen molar-refractivity contribution in [2.24, 2.45) is 0 Å². The number of hydrogen-bond donors (Lipinski definition) is 1. The normalized spacial score (nSPS) is 12.7. The molecule has 2 aromatic carbocycles. The van der Waals surface area contributed by atoms with E-state index >= 15 is 0 Å². The smallest absolute Gasteiger partial charge is 0.330 e. The molecule has 0 fully saturated rings. The van der Waals surface area contributed by atoms with Crippen molar-refractivity contribution < 1.29 is 9.90 Å². The van der Waals surface area contributed by atoms with Crippen LogP contribution in [0.4, 0.5) is 0 Å². The molecule has 0 aliphatic carbocycles. The third-order valence-electron chi connectivity index (χ3n) is 4.41. The first-order valence-electron chi connectivity index (χ1n) is 7.01. The standard InChI is InChI=1S/C18H20O2Si/c1-14(18(19)20)15(2)21(3,16-10-6-4-7-11-16)17-12-8-5-9-13-17/h4-13,15H,1H2,2-3H3,(H,19,20). The highest BCUT2D eigenvalue weighted by atomic mass is 28.3.